The van der Waals surface area contributed by atoms with E-state index < -0.39 is 23.0 Å². The summed E-state index contributed by atoms with van der Waals surface area (Å²) < 4.78 is 0. The molecule has 0 aliphatic heterocycles. The number of nitrogens with one attached hydrogen (secondary N) is 4. The van der Waals surface area contributed by atoms with Crippen molar-refractivity contribution in [3.8, 4) is 0 Å². The highest BCUT2D eigenvalue weighted by atomic mass is 16.4. The molecule has 0 aliphatic carbocycles. The molecule has 0 aromatic rings. The van der Waals surface area contributed by atoms with E-state index >= 15 is 0 Å². The lowest BCUT2D eigenvalue weighted by molar-refractivity contribution is -0.137. The minimum absolute atomic E-state index is 0.0308. The summed E-state index contributed by atoms with van der Waals surface area (Å²) >= 11 is 0. The summed E-state index contributed by atoms with van der Waals surface area (Å²) in [5, 5.41) is 46.2. The van der Waals surface area contributed by atoms with Crippen LogP contribution in [-0.4, -0.2) is 71.8 Å². The maximum absolute atomic E-state index is 10.5. The SMILES string of the molecule is CC(C=N)(CNCCC(=O)O)N=NC(C)(C=N)CNCCC(=O)O. The van der Waals surface area contributed by atoms with Crippen LogP contribution in [0.5, 0.6) is 0 Å². The Labute approximate surface area is 140 Å². The fourth-order valence-corrected chi connectivity index (χ4v) is 1.53. The fraction of sp³-hybridized carbons (Fsp3) is 0.714. The Morgan fingerprint density at radius 1 is 0.917 bits per heavy atom. The summed E-state index contributed by atoms with van der Waals surface area (Å²) in [4.78, 5) is 20.9. The fourth-order valence-electron chi connectivity index (χ4n) is 1.53. The van der Waals surface area contributed by atoms with Crippen molar-refractivity contribution in [3.63, 3.8) is 0 Å². The lowest BCUT2D eigenvalue weighted by Crippen LogP contribution is -2.41. The molecule has 0 saturated carbocycles. The van der Waals surface area contributed by atoms with Gasteiger partial charge in [-0.25, -0.2) is 0 Å². The Hall–Kier alpha value is -2.20. The number of rotatable bonds is 14. The molecule has 0 saturated heterocycles. The molecule has 0 rings (SSSR count). The second kappa shape index (κ2) is 10.6. The smallest absolute Gasteiger partial charge is 0.304 e. The molecule has 0 bridgehead atoms. The molecule has 136 valence electrons. The molecule has 0 fully saturated rings. The third-order valence-corrected chi connectivity index (χ3v) is 3.13. The van der Waals surface area contributed by atoms with E-state index in [0.717, 1.165) is 12.4 Å². The predicted molar refractivity (Wildman–Crippen MR) is 89.5 cm³/mol. The summed E-state index contributed by atoms with van der Waals surface area (Å²) in [7, 11) is 0. The van der Waals surface area contributed by atoms with E-state index in [2.05, 4.69) is 20.9 Å². The normalized spacial score (nSPS) is 16.2. The highest BCUT2D eigenvalue weighted by Crippen LogP contribution is 2.13. The summed E-state index contributed by atoms with van der Waals surface area (Å²) in [5.74, 6) is -1.83. The monoisotopic (exact) mass is 342 g/mol. The Bertz CT molecular complexity index is 442. The van der Waals surface area contributed by atoms with Gasteiger partial charge >= 0.3 is 11.9 Å². The van der Waals surface area contributed by atoms with Crippen LogP contribution in [0.25, 0.3) is 0 Å². The maximum atomic E-state index is 10.5. The molecule has 2 atom stereocenters. The van der Waals surface area contributed by atoms with Crippen molar-refractivity contribution in [1.82, 2.24) is 10.6 Å². The van der Waals surface area contributed by atoms with Gasteiger partial charge < -0.3 is 31.7 Å². The Morgan fingerprint density at radius 3 is 1.50 bits per heavy atom. The summed E-state index contributed by atoms with van der Waals surface area (Å²) in [6.45, 7) is 4.33. The van der Waals surface area contributed by atoms with Crippen LogP contribution in [0.1, 0.15) is 26.7 Å². The molecule has 24 heavy (non-hydrogen) atoms. The van der Waals surface area contributed by atoms with Crippen molar-refractivity contribution >= 4 is 24.4 Å². The largest absolute Gasteiger partial charge is 0.481 e. The molecule has 0 heterocycles. The van der Waals surface area contributed by atoms with E-state index in [1.807, 2.05) is 0 Å². The van der Waals surface area contributed by atoms with Crippen LogP contribution >= 0.6 is 0 Å². The second-order valence-electron chi connectivity index (χ2n) is 5.84. The Balaban J connectivity index is 4.60. The van der Waals surface area contributed by atoms with E-state index in [-0.39, 0.29) is 39.0 Å². The zero-order valence-electron chi connectivity index (χ0n) is 14.0. The quantitative estimate of drug-likeness (QED) is 0.151. The molecule has 0 radical (unpaired) electrons. The highest BCUT2D eigenvalue weighted by molar-refractivity contribution is 5.69. The van der Waals surface area contributed by atoms with Crippen LogP contribution in [0.4, 0.5) is 0 Å². The highest BCUT2D eigenvalue weighted by Gasteiger charge is 2.25. The number of nitrogens with zero attached hydrogens (tertiary/aromatic N) is 2. The van der Waals surface area contributed by atoms with Crippen molar-refractivity contribution < 1.29 is 19.8 Å². The molecule has 0 amide bonds. The zero-order valence-corrected chi connectivity index (χ0v) is 14.0. The van der Waals surface area contributed by atoms with Gasteiger partial charge in [0.1, 0.15) is 11.1 Å². The van der Waals surface area contributed by atoms with Crippen LogP contribution in [0.2, 0.25) is 0 Å². The molecule has 10 heteroatoms. The van der Waals surface area contributed by atoms with Gasteiger partial charge in [-0.15, -0.1) is 0 Å². The predicted octanol–water partition coefficient (Wildman–Crippen LogP) is 0.384. The van der Waals surface area contributed by atoms with Crippen LogP contribution in [-0.2, 0) is 9.59 Å². The average Bonchev–Trinajstić information content (AvgIpc) is 2.53. The van der Waals surface area contributed by atoms with E-state index in [9.17, 15) is 9.59 Å². The third-order valence-electron chi connectivity index (χ3n) is 3.13. The minimum Gasteiger partial charge on any atom is -0.481 e. The molecule has 0 aliphatic rings. The van der Waals surface area contributed by atoms with Gasteiger partial charge in [0, 0.05) is 38.6 Å². The Morgan fingerprint density at radius 2 is 1.25 bits per heavy atom. The zero-order chi connectivity index (χ0) is 18.6. The van der Waals surface area contributed by atoms with Crippen molar-refractivity contribution in [3.05, 3.63) is 0 Å². The van der Waals surface area contributed by atoms with E-state index in [0.29, 0.717) is 0 Å². The summed E-state index contributed by atoms with van der Waals surface area (Å²) in [5.41, 5.74) is -1.91. The number of carboxylic acid groups (broad SMARTS) is 2. The molecule has 2 unspecified atom stereocenters. The number of hydrogen-bond acceptors (Lipinski definition) is 8. The Kier molecular flexibility index (Phi) is 9.58. The van der Waals surface area contributed by atoms with Crippen molar-refractivity contribution in [2.45, 2.75) is 37.8 Å². The van der Waals surface area contributed by atoms with E-state index in [1.54, 1.807) is 13.8 Å². The molecule has 10 nitrogen and oxygen atoms in total. The van der Waals surface area contributed by atoms with Gasteiger partial charge in [-0.3, -0.25) is 9.59 Å². The van der Waals surface area contributed by atoms with Crippen molar-refractivity contribution in [1.29, 1.82) is 10.8 Å². The third kappa shape index (κ3) is 9.74. The number of hydrogen-bond donors (Lipinski definition) is 6. The number of aliphatic carboxylic acids is 2. The van der Waals surface area contributed by atoms with Crippen LogP contribution in [0.15, 0.2) is 10.2 Å². The summed E-state index contributed by atoms with van der Waals surface area (Å²) in [6, 6.07) is 0. The first-order valence-electron chi connectivity index (χ1n) is 7.49. The van der Waals surface area contributed by atoms with Gasteiger partial charge in [-0.1, -0.05) is 0 Å². The van der Waals surface area contributed by atoms with Crippen molar-refractivity contribution in [2.24, 2.45) is 10.2 Å². The maximum Gasteiger partial charge on any atom is 0.304 e. The first-order valence-corrected chi connectivity index (χ1v) is 7.49. The van der Waals surface area contributed by atoms with Crippen molar-refractivity contribution in [2.75, 3.05) is 26.2 Å². The van der Waals surface area contributed by atoms with Crippen LogP contribution in [0.3, 0.4) is 0 Å². The van der Waals surface area contributed by atoms with Gasteiger partial charge in [0.2, 0.25) is 0 Å². The minimum atomic E-state index is -0.955. The van der Waals surface area contributed by atoms with Gasteiger partial charge in [0.15, 0.2) is 0 Å². The first kappa shape index (κ1) is 21.8. The molecular formula is C14H26N6O4. The second-order valence-corrected chi connectivity index (χ2v) is 5.84. The molecule has 0 aromatic heterocycles. The summed E-state index contributed by atoms with van der Waals surface area (Å²) in [6.07, 6.45) is 2.15. The number of carbonyl (C=O) groups is 2. The van der Waals surface area contributed by atoms with Gasteiger partial charge in [-0.05, 0) is 13.8 Å². The molecule has 0 aromatic carbocycles. The lowest BCUT2D eigenvalue weighted by Gasteiger charge is -2.23. The van der Waals surface area contributed by atoms with E-state index in [1.165, 1.54) is 0 Å². The van der Waals surface area contributed by atoms with Crippen LogP contribution < -0.4 is 10.6 Å². The molecular weight excluding hydrogens is 316 g/mol. The van der Waals surface area contributed by atoms with E-state index in [4.69, 9.17) is 21.0 Å². The first-order chi connectivity index (χ1) is 11.2. The van der Waals surface area contributed by atoms with Gasteiger partial charge in [0.05, 0.1) is 12.8 Å². The van der Waals surface area contributed by atoms with Gasteiger partial charge in [-0.2, -0.15) is 10.2 Å². The lowest BCUT2D eigenvalue weighted by atomic mass is 10.0. The number of carboxylic acids is 2. The average molecular weight is 342 g/mol. The standard InChI is InChI=1S/C14H26N6O4/c1-13(7-15,9-17-5-3-11(21)22)19-20-14(2,8-16)10-18-6-4-12(23)24/h7-8,15-18H,3-6,9-10H2,1-2H3,(H,21,22)(H,23,24). The molecule has 6 N–H and O–H groups in total. The van der Waals surface area contributed by atoms with Gasteiger partial charge in [0.25, 0.3) is 0 Å². The topological polar surface area (TPSA) is 171 Å². The van der Waals surface area contributed by atoms with Crippen LogP contribution in [0, 0.1) is 10.8 Å². The number of azo groups is 1. The molecule has 0 spiro atoms.